The van der Waals surface area contributed by atoms with Crippen molar-refractivity contribution >= 4 is 43.6 Å². The van der Waals surface area contributed by atoms with Crippen LogP contribution < -0.4 is 0 Å². The van der Waals surface area contributed by atoms with Crippen LogP contribution in [0.15, 0.2) is 328 Å². The van der Waals surface area contributed by atoms with E-state index in [2.05, 4.69) is 264 Å². The molecular formula is C84H54N8. The van der Waals surface area contributed by atoms with Crippen LogP contribution in [0.4, 0.5) is 0 Å². The van der Waals surface area contributed by atoms with Crippen LogP contribution in [0.3, 0.4) is 0 Å². The first-order chi connectivity index (χ1) is 45.6. The summed E-state index contributed by atoms with van der Waals surface area (Å²) in [6.45, 7) is 0. The zero-order valence-electron chi connectivity index (χ0n) is 49.8. The highest BCUT2D eigenvalue weighted by Crippen LogP contribution is 2.43. The average Bonchev–Trinajstić information content (AvgIpc) is 1.56. The van der Waals surface area contributed by atoms with Crippen molar-refractivity contribution in [1.82, 2.24) is 39.0 Å². The van der Waals surface area contributed by atoms with E-state index in [-0.39, 0.29) is 0 Å². The van der Waals surface area contributed by atoms with Gasteiger partial charge in [0.2, 0.25) is 0 Å². The van der Waals surface area contributed by atoms with E-state index in [1.807, 2.05) is 72.8 Å². The predicted molar refractivity (Wildman–Crippen MR) is 376 cm³/mol. The van der Waals surface area contributed by atoms with E-state index in [0.29, 0.717) is 34.9 Å². The zero-order valence-corrected chi connectivity index (χ0v) is 49.8. The molecule has 0 saturated heterocycles. The molecule has 0 amide bonds. The number of hydrogen-bond acceptors (Lipinski definition) is 6. The lowest BCUT2D eigenvalue weighted by Gasteiger charge is -2.18. The van der Waals surface area contributed by atoms with Crippen LogP contribution in [0.2, 0.25) is 0 Å². The molecule has 0 spiro atoms. The molecule has 0 atom stereocenters. The van der Waals surface area contributed by atoms with Gasteiger partial charge in [-0.2, -0.15) is 0 Å². The summed E-state index contributed by atoms with van der Waals surface area (Å²) >= 11 is 0. The van der Waals surface area contributed by atoms with Crippen LogP contribution >= 0.6 is 0 Å². The summed E-state index contributed by atoms with van der Waals surface area (Å²) in [4.78, 5) is 31.6. The standard InChI is InChI=1S/C84H54N8/c1-7-24-55(25-8-1)63-44-48-75-71(51-63)67-38-19-21-40-73(67)91(75)77-53-65(42-46-69(77)83-87-79(57-28-11-3-12-29-57)85-80(88-83)58-30-13-4-14-31-58)61-36-23-37-62(50-61)66-43-47-70(84-89-81(59-32-15-5-16-33-59)86-82(90-84)60-34-17-6-18-35-60)78(54-66)92-74-41-22-20-39-68(74)72-52-64(45-49-76(72)92)56-26-9-2-10-27-56/h1-54H. The van der Waals surface area contributed by atoms with Gasteiger partial charge < -0.3 is 9.13 Å². The quantitative estimate of drug-likeness (QED) is 0.121. The second-order valence-electron chi connectivity index (χ2n) is 23.0. The van der Waals surface area contributed by atoms with Crippen molar-refractivity contribution in [3.63, 3.8) is 0 Å². The number of aromatic nitrogens is 8. The van der Waals surface area contributed by atoms with Crippen molar-refractivity contribution in [2.75, 3.05) is 0 Å². The topological polar surface area (TPSA) is 87.2 Å². The highest BCUT2D eigenvalue weighted by molar-refractivity contribution is 6.12. The molecule has 8 nitrogen and oxygen atoms in total. The van der Waals surface area contributed by atoms with Gasteiger partial charge in [-0.25, -0.2) is 29.9 Å². The van der Waals surface area contributed by atoms with Crippen molar-refractivity contribution in [3.8, 4) is 124 Å². The van der Waals surface area contributed by atoms with Gasteiger partial charge in [0.25, 0.3) is 0 Å². The Kier molecular flexibility index (Phi) is 13.4. The smallest absolute Gasteiger partial charge is 0.166 e. The Balaban J connectivity index is 0.874. The van der Waals surface area contributed by atoms with Gasteiger partial charge in [0.05, 0.1) is 33.4 Å². The summed E-state index contributed by atoms with van der Waals surface area (Å²) in [5.41, 5.74) is 20.3. The Hall–Kier alpha value is -12.5. The van der Waals surface area contributed by atoms with E-state index >= 15 is 0 Å². The maximum absolute atomic E-state index is 5.34. The highest BCUT2D eigenvalue weighted by Gasteiger charge is 2.24. The lowest BCUT2D eigenvalue weighted by atomic mass is 9.96. The average molecular weight is 1180 g/mol. The summed E-state index contributed by atoms with van der Waals surface area (Å²) in [7, 11) is 0. The summed E-state index contributed by atoms with van der Waals surface area (Å²) in [5, 5.41) is 4.59. The van der Waals surface area contributed by atoms with E-state index in [1.54, 1.807) is 0 Å². The normalized spacial score (nSPS) is 11.5. The molecule has 0 N–H and O–H groups in total. The van der Waals surface area contributed by atoms with Gasteiger partial charge in [0, 0.05) is 54.9 Å². The molecule has 4 aromatic heterocycles. The van der Waals surface area contributed by atoms with Crippen molar-refractivity contribution in [2.24, 2.45) is 0 Å². The largest absolute Gasteiger partial charge is 0.308 e. The molecule has 0 saturated carbocycles. The monoisotopic (exact) mass is 1170 g/mol. The van der Waals surface area contributed by atoms with Gasteiger partial charge in [-0.1, -0.05) is 261 Å². The third-order valence-corrected chi connectivity index (χ3v) is 17.4. The zero-order chi connectivity index (χ0) is 60.9. The van der Waals surface area contributed by atoms with E-state index < -0.39 is 0 Å². The van der Waals surface area contributed by atoms with E-state index in [1.165, 1.54) is 0 Å². The molecule has 430 valence electrons. The summed E-state index contributed by atoms with van der Waals surface area (Å²) in [5.74, 6) is 3.52. The minimum Gasteiger partial charge on any atom is -0.308 e. The molecule has 13 aromatic carbocycles. The Bertz CT molecular complexity index is 5150. The Morgan fingerprint density at radius 2 is 0.424 bits per heavy atom. The fraction of sp³-hybridized carbons (Fsp3) is 0. The second-order valence-corrected chi connectivity index (χ2v) is 23.0. The van der Waals surface area contributed by atoms with Crippen molar-refractivity contribution < 1.29 is 0 Å². The van der Waals surface area contributed by atoms with Gasteiger partial charge in [0.15, 0.2) is 34.9 Å². The molecule has 17 aromatic rings. The number of nitrogens with zero attached hydrogens (tertiary/aromatic N) is 8. The molecule has 0 fully saturated rings. The Morgan fingerprint density at radius 3 is 0.783 bits per heavy atom. The summed E-state index contributed by atoms with van der Waals surface area (Å²) in [6, 6.07) is 115. The van der Waals surface area contributed by atoms with Crippen LogP contribution in [0.25, 0.3) is 168 Å². The molecule has 4 heterocycles. The molecule has 8 heteroatoms. The van der Waals surface area contributed by atoms with E-state index in [4.69, 9.17) is 29.9 Å². The number of fused-ring (bicyclic) bond motifs is 6. The maximum Gasteiger partial charge on any atom is 0.166 e. The molecule has 0 unspecified atom stereocenters. The molecule has 17 rings (SSSR count). The fourth-order valence-corrected chi connectivity index (χ4v) is 13.0. The first-order valence-corrected chi connectivity index (χ1v) is 30.9. The maximum atomic E-state index is 5.34. The number of para-hydroxylation sites is 2. The molecule has 0 radical (unpaired) electrons. The third kappa shape index (κ3) is 9.76. The van der Waals surface area contributed by atoms with Crippen LogP contribution in [0.1, 0.15) is 0 Å². The van der Waals surface area contributed by atoms with Gasteiger partial charge in [0.1, 0.15) is 0 Å². The van der Waals surface area contributed by atoms with E-state index in [0.717, 1.165) is 133 Å². The van der Waals surface area contributed by atoms with Gasteiger partial charge in [-0.05, 0) is 111 Å². The van der Waals surface area contributed by atoms with Crippen molar-refractivity contribution in [3.05, 3.63) is 328 Å². The Morgan fingerprint density at radius 1 is 0.163 bits per heavy atom. The summed E-state index contributed by atoms with van der Waals surface area (Å²) in [6.07, 6.45) is 0. The van der Waals surface area contributed by atoms with Crippen LogP contribution in [0.5, 0.6) is 0 Å². The molecule has 92 heavy (non-hydrogen) atoms. The van der Waals surface area contributed by atoms with Crippen LogP contribution in [0, 0.1) is 0 Å². The molecule has 0 aliphatic rings. The third-order valence-electron chi connectivity index (χ3n) is 17.4. The molecule has 0 aliphatic carbocycles. The first-order valence-electron chi connectivity index (χ1n) is 30.9. The first kappa shape index (κ1) is 53.7. The van der Waals surface area contributed by atoms with Crippen molar-refractivity contribution in [2.45, 2.75) is 0 Å². The van der Waals surface area contributed by atoms with Gasteiger partial charge >= 0.3 is 0 Å². The number of rotatable bonds is 12. The molecule has 0 aliphatic heterocycles. The SMILES string of the molecule is c1ccc(-c2ccc3c(c2)c2ccccc2n3-c2cc(-c3cccc(-c4ccc(-c5nc(-c6ccccc6)nc(-c6ccccc6)n5)c(-n5c6ccccc6c6cc(-c7ccccc7)ccc65)c4)c3)ccc2-c2nc(-c3ccccc3)nc(-c3ccccc3)n2)cc1. The van der Waals surface area contributed by atoms with Crippen LogP contribution in [-0.2, 0) is 0 Å². The van der Waals surface area contributed by atoms with Crippen LogP contribution in [-0.4, -0.2) is 39.0 Å². The second kappa shape index (κ2) is 22.9. The predicted octanol–water partition coefficient (Wildman–Crippen LogP) is 20.9. The highest BCUT2D eigenvalue weighted by atomic mass is 15.1. The summed E-state index contributed by atoms with van der Waals surface area (Å²) < 4.78 is 4.78. The van der Waals surface area contributed by atoms with E-state index in [9.17, 15) is 0 Å². The minimum absolute atomic E-state index is 0.568. The Labute approximate surface area is 531 Å². The number of benzene rings is 13. The van der Waals surface area contributed by atoms with Gasteiger partial charge in [-0.15, -0.1) is 0 Å². The lowest BCUT2D eigenvalue weighted by Crippen LogP contribution is -2.04. The molecule has 0 bridgehead atoms. The molecular weight excluding hydrogens is 1120 g/mol. The fourth-order valence-electron chi connectivity index (χ4n) is 13.0. The number of hydrogen-bond donors (Lipinski definition) is 0. The van der Waals surface area contributed by atoms with Gasteiger partial charge in [-0.3, -0.25) is 0 Å². The van der Waals surface area contributed by atoms with Crippen molar-refractivity contribution in [1.29, 1.82) is 0 Å². The minimum atomic E-state index is 0.568. The lowest BCUT2D eigenvalue weighted by molar-refractivity contribution is 1.06.